The van der Waals surface area contributed by atoms with Crippen LogP contribution in [0.5, 0.6) is 0 Å². The number of cyclic esters (lactones) is 1. The highest BCUT2D eigenvalue weighted by Gasteiger charge is 2.28. The van der Waals surface area contributed by atoms with Gasteiger partial charge in [-0.3, -0.25) is 4.79 Å². The van der Waals surface area contributed by atoms with Gasteiger partial charge in [-0.25, -0.2) is 0 Å². The molecule has 1 aromatic carbocycles. The minimum atomic E-state index is -0.0398. The summed E-state index contributed by atoms with van der Waals surface area (Å²) in [5, 5.41) is 0. The zero-order valence-electron chi connectivity index (χ0n) is 11.5. The molecule has 1 heterocycles. The van der Waals surface area contributed by atoms with E-state index in [-0.39, 0.29) is 12.1 Å². The predicted molar refractivity (Wildman–Crippen MR) is 72.5 cm³/mol. The van der Waals surface area contributed by atoms with Crippen LogP contribution in [0.3, 0.4) is 0 Å². The fraction of sp³-hybridized carbons (Fsp3) is 0.562. The van der Waals surface area contributed by atoms with Gasteiger partial charge in [0.05, 0.1) is 0 Å². The molecule has 0 unspecified atom stereocenters. The van der Waals surface area contributed by atoms with Crippen LogP contribution < -0.4 is 0 Å². The highest BCUT2D eigenvalue weighted by Crippen LogP contribution is 2.24. The molecule has 1 fully saturated rings. The molecule has 2 rings (SSSR count). The van der Waals surface area contributed by atoms with E-state index in [1.165, 1.54) is 11.1 Å². The predicted octanol–water partition coefficient (Wildman–Crippen LogP) is 3.69. The van der Waals surface area contributed by atoms with E-state index >= 15 is 0 Å². The first-order valence-corrected chi connectivity index (χ1v) is 6.84. The maximum atomic E-state index is 11.1. The summed E-state index contributed by atoms with van der Waals surface area (Å²) < 4.78 is 5.32. The van der Waals surface area contributed by atoms with Crippen LogP contribution in [-0.2, 0) is 16.0 Å². The Hall–Kier alpha value is -1.31. The fourth-order valence-corrected chi connectivity index (χ4v) is 2.49. The number of carbonyl (C=O) groups is 1. The lowest BCUT2D eigenvalue weighted by Crippen LogP contribution is -2.19. The lowest BCUT2D eigenvalue weighted by molar-refractivity contribution is -0.142. The van der Waals surface area contributed by atoms with Crippen molar-refractivity contribution in [3.8, 4) is 0 Å². The van der Waals surface area contributed by atoms with Crippen molar-refractivity contribution in [3.05, 3.63) is 35.4 Å². The third-order valence-electron chi connectivity index (χ3n) is 3.75. The van der Waals surface area contributed by atoms with Gasteiger partial charge < -0.3 is 4.74 Å². The lowest BCUT2D eigenvalue weighted by atomic mass is 9.93. The van der Waals surface area contributed by atoms with Gasteiger partial charge in [-0.2, -0.15) is 0 Å². The molecule has 0 radical (unpaired) electrons. The van der Waals surface area contributed by atoms with Crippen molar-refractivity contribution >= 4 is 5.97 Å². The van der Waals surface area contributed by atoms with E-state index in [9.17, 15) is 4.79 Å². The van der Waals surface area contributed by atoms with Gasteiger partial charge in [-0.1, -0.05) is 45.0 Å². The van der Waals surface area contributed by atoms with Crippen LogP contribution in [0.2, 0.25) is 0 Å². The molecule has 1 aromatic rings. The Morgan fingerprint density at radius 1 is 1.22 bits per heavy atom. The van der Waals surface area contributed by atoms with Crippen molar-refractivity contribution in [3.63, 3.8) is 0 Å². The molecule has 98 valence electrons. The van der Waals surface area contributed by atoms with Crippen LogP contribution in [0.4, 0.5) is 0 Å². The van der Waals surface area contributed by atoms with Crippen molar-refractivity contribution in [2.75, 3.05) is 0 Å². The van der Waals surface area contributed by atoms with E-state index in [2.05, 4.69) is 45.0 Å². The Bertz CT molecular complexity index is 406. The maximum absolute atomic E-state index is 11.1. The number of carbonyl (C=O) groups excluding carboxylic acids is 1. The minimum Gasteiger partial charge on any atom is -0.462 e. The minimum absolute atomic E-state index is 0.0398. The van der Waals surface area contributed by atoms with Crippen molar-refractivity contribution in [2.45, 2.75) is 52.1 Å². The molecule has 0 saturated carbocycles. The van der Waals surface area contributed by atoms with Gasteiger partial charge in [0, 0.05) is 6.42 Å². The Kier molecular flexibility index (Phi) is 4.05. The summed E-state index contributed by atoms with van der Waals surface area (Å²) in [4.78, 5) is 11.1. The Morgan fingerprint density at radius 3 is 2.39 bits per heavy atom. The number of rotatable bonds is 4. The highest BCUT2D eigenvalue weighted by molar-refractivity contribution is 5.71. The quantitative estimate of drug-likeness (QED) is 0.757. The van der Waals surface area contributed by atoms with Crippen LogP contribution in [0.15, 0.2) is 24.3 Å². The SMILES string of the molecule is CC(C)c1ccc(C[C@@H](C)[C@H]2CCC(=O)O2)cc1. The molecule has 18 heavy (non-hydrogen) atoms. The summed E-state index contributed by atoms with van der Waals surface area (Å²) in [5.41, 5.74) is 2.70. The average molecular weight is 246 g/mol. The average Bonchev–Trinajstić information content (AvgIpc) is 2.76. The number of ether oxygens (including phenoxy) is 1. The number of benzene rings is 1. The summed E-state index contributed by atoms with van der Waals surface area (Å²) in [6.07, 6.45) is 2.56. The molecule has 0 aromatic heterocycles. The Morgan fingerprint density at radius 2 is 1.89 bits per heavy atom. The fourth-order valence-electron chi connectivity index (χ4n) is 2.49. The zero-order valence-corrected chi connectivity index (χ0v) is 11.5. The van der Waals surface area contributed by atoms with E-state index in [1.54, 1.807) is 0 Å². The standard InChI is InChI=1S/C16H22O2/c1-11(2)14-6-4-13(5-7-14)10-12(3)15-8-9-16(17)18-15/h4-7,11-12,15H,8-10H2,1-3H3/t12-,15-/m1/s1. The first-order valence-electron chi connectivity index (χ1n) is 6.84. The number of hydrogen-bond donors (Lipinski definition) is 0. The van der Waals surface area contributed by atoms with Crippen molar-refractivity contribution in [1.29, 1.82) is 0 Å². The molecular formula is C16H22O2. The molecule has 2 nitrogen and oxygen atoms in total. The van der Waals surface area contributed by atoms with Crippen LogP contribution in [0.1, 0.15) is 50.7 Å². The molecule has 0 bridgehead atoms. The summed E-state index contributed by atoms with van der Waals surface area (Å²) in [6.45, 7) is 6.57. The normalized spacial score (nSPS) is 21.1. The van der Waals surface area contributed by atoms with E-state index in [0.29, 0.717) is 18.3 Å². The highest BCUT2D eigenvalue weighted by atomic mass is 16.5. The van der Waals surface area contributed by atoms with Crippen LogP contribution in [0.25, 0.3) is 0 Å². The molecule has 2 atom stereocenters. The van der Waals surface area contributed by atoms with Crippen molar-refractivity contribution < 1.29 is 9.53 Å². The molecular weight excluding hydrogens is 224 g/mol. The first-order chi connectivity index (χ1) is 8.56. The molecule has 2 heteroatoms. The molecule has 1 saturated heterocycles. The lowest BCUT2D eigenvalue weighted by Gasteiger charge is -2.18. The molecule has 0 spiro atoms. The van der Waals surface area contributed by atoms with Crippen molar-refractivity contribution in [1.82, 2.24) is 0 Å². The van der Waals surface area contributed by atoms with Crippen LogP contribution in [-0.4, -0.2) is 12.1 Å². The third kappa shape index (κ3) is 3.12. The van der Waals surface area contributed by atoms with Gasteiger partial charge in [-0.15, -0.1) is 0 Å². The zero-order chi connectivity index (χ0) is 13.1. The molecule has 0 N–H and O–H groups in total. The number of esters is 1. The summed E-state index contributed by atoms with van der Waals surface area (Å²) >= 11 is 0. The monoisotopic (exact) mass is 246 g/mol. The second-order valence-corrected chi connectivity index (χ2v) is 5.64. The van der Waals surface area contributed by atoms with E-state index in [4.69, 9.17) is 4.74 Å². The molecule has 0 amide bonds. The second kappa shape index (κ2) is 5.55. The van der Waals surface area contributed by atoms with Gasteiger partial charge in [0.2, 0.25) is 0 Å². The van der Waals surface area contributed by atoms with Gasteiger partial charge in [0.15, 0.2) is 0 Å². The van der Waals surface area contributed by atoms with E-state index in [1.807, 2.05) is 0 Å². The van der Waals surface area contributed by atoms with Gasteiger partial charge in [0.25, 0.3) is 0 Å². The maximum Gasteiger partial charge on any atom is 0.306 e. The van der Waals surface area contributed by atoms with Crippen LogP contribution >= 0.6 is 0 Å². The molecule has 1 aliphatic heterocycles. The Labute approximate surface area is 109 Å². The Balaban J connectivity index is 1.94. The third-order valence-corrected chi connectivity index (χ3v) is 3.75. The molecule has 1 aliphatic rings. The largest absolute Gasteiger partial charge is 0.462 e. The van der Waals surface area contributed by atoms with Gasteiger partial charge in [-0.05, 0) is 35.8 Å². The second-order valence-electron chi connectivity index (χ2n) is 5.64. The van der Waals surface area contributed by atoms with Gasteiger partial charge >= 0.3 is 5.97 Å². The number of hydrogen-bond acceptors (Lipinski definition) is 2. The van der Waals surface area contributed by atoms with Gasteiger partial charge in [0.1, 0.15) is 6.10 Å². The van der Waals surface area contributed by atoms with E-state index < -0.39 is 0 Å². The van der Waals surface area contributed by atoms with E-state index in [0.717, 1.165) is 12.8 Å². The smallest absolute Gasteiger partial charge is 0.306 e. The topological polar surface area (TPSA) is 26.3 Å². The first kappa shape index (κ1) is 13.1. The summed E-state index contributed by atoms with van der Waals surface area (Å²) in [7, 11) is 0. The summed E-state index contributed by atoms with van der Waals surface area (Å²) in [6, 6.07) is 8.80. The van der Waals surface area contributed by atoms with Crippen molar-refractivity contribution in [2.24, 2.45) is 5.92 Å². The van der Waals surface area contributed by atoms with Crippen LogP contribution in [0, 0.1) is 5.92 Å². The molecule has 0 aliphatic carbocycles. The summed E-state index contributed by atoms with van der Waals surface area (Å²) in [5.74, 6) is 0.940.